The van der Waals surface area contributed by atoms with Gasteiger partial charge in [0.2, 0.25) is 0 Å². The maximum atomic E-state index is 12.3. The molecule has 0 saturated carbocycles. The number of hydrogen-bond donors (Lipinski definition) is 1. The largest absolute Gasteiger partial charge is 0.416 e. The Kier molecular flexibility index (Phi) is 5.83. The number of hydrogen-bond acceptors (Lipinski definition) is 1. The van der Waals surface area contributed by atoms with E-state index < -0.39 is 11.7 Å². The highest BCUT2D eigenvalue weighted by Crippen LogP contribution is 2.29. The van der Waals surface area contributed by atoms with E-state index in [-0.39, 0.29) is 18.4 Å². The predicted molar refractivity (Wildman–Crippen MR) is 60.7 cm³/mol. The van der Waals surface area contributed by atoms with Gasteiger partial charge in [-0.3, -0.25) is 0 Å². The van der Waals surface area contributed by atoms with Gasteiger partial charge in [0.1, 0.15) is 0 Å². The summed E-state index contributed by atoms with van der Waals surface area (Å²) in [5.41, 5.74) is 5.63. The van der Waals surface area contributed by atoms with Crippen LogP contribution in [0.25, 0.3) is 0 Å². The highest BCUT2D eigenvalue weighted by Gasteiger charge is 2.30. The second-order valence-electron chi connectivity index (χ2n) is 3.71. The van der Waals surface area contributed by atoms with Crippen LogP contribution < -0.4 is 5.73 Å². The molecule has 0 aromatic heterocycles. The fraction of sp³-hybridized carbons (Fsp3) is 0.455. The molecule has 0 aliphatic heterocycles. The summed E-state index contributed by atoms with van der Waals surface area (Å²) in [6, 6.07) is 5.40. The van der Waals surface area contributed by atoms with E-state index in [9.17, 15) is 13.2 Å². The number of rotatable bonds is 3. The Hall–Kier alpha value is -0.740. The van der Waals surface area contributed by atoms with Crippen LogP contribution in [0.4, 0.5) is 13.2 Å². The summed E-state index contributed by atoms with van der Waals surface area (Å²) in [5, 5.41) is 0. The predicted octanol–water partition coefficient (Wildman–Crippen LogP) is 3.41. The van der Waals surface area contributed by atoms with Gasteiger partial charge in [-0.1, -0.05) is 18.2 Å². The van der Waals surface area contributed by atoms with Gasteiger partial charge in [0.15, 0.2) is 0 Å². The third kappa shape index (κ3) is 4.86. The lowest BCUT2D eigenvalue weighted by Gasteiger charge is -2.09. The van der Waals surface area contributed by atoms with E-state index in [0.717, 1.165) is 6.07 Å². The van der Waals surface area contributed by atoms with Gasteiger partial charge < -0.3 is 5.73 Å². The molecule has 0 bridgehead atoms. The van der Waals surface area contributed by atoms with Crippen molar-refractivity contribution in [3.8, 4) is 0 Å². The molecule has 5 heteroatoms. The first-order valence-corrected chi connectivity index (χ1v) is 4.81. The van der Waals surface area contributed by atoms with Gasteiger partial charge in [-0.2, -0.15) is 13.2 Å². The number of nitrogens with two attached hydrogens (primary N) is 1. The van der Waals surface area contributed by atoms with Gasteiger partial charge in [-0.25, -0.2) is 0 Å². The van der Waals surface area contributed by atoms with E-state index in [2.05, 4.69) is 0 Å². The monoisotopic (exact) mass is 253 g/mol. The van der Waals surface area contributed by atoms with Crippen molar-refractivity contribution in [3.63, 3.8) is 0 Å². The molecule has 0 amide bonds. The lowest BCUT2D eigenvalue weighted by Crippen LogP contribution is -2.15. The fourth-order valence-corrected chi connectivity index (χ4v) is 1.30. The number of benzene rings is 1. The Morgan fingerprint density at radius 3 is 2.44 bits per heavy atom. The summed E-state index contributed by atoms with van der Waals surface area (Å²) in [7, 11) is 0. The maximum absolute atomic E-state index is 12.3. The van der Waals surface area contributed by atoms with Crippen LogP contribution in [0.1, 0.15) is 24.5 Å². The average molecular weight is 254 g/mol. The second-order valence-corrected chi connectivity index (χ2v) is 3.71. The molecule has 1 aromatic carbocycles. The molecule has 0 saturated heterocycles. The molecule has 1 unspecified atom stereocenters. The van der Waals surface area contributed by atoms with Crippen LogP contribution in [-0.4, -0.2) is 6.04 Å². The zero-order chi connectivity index (χ0) is 11.5. The zero-order valence-electron chi connectivity index (χ0n) is 8.92. The van der Waals surface area contributed by atoms with Gasteiger partial charge in [-0.05, 0) is 31.4 Å². The summed E-state index contributed by atoms with van der Waals surface area (Å²) in [5.74, 6) is 0. The maximum Gasteiger partial charge on any atom is 0.416 e. The first-order chi connectivity index (χ1) is 6.89. The molecule has 0 radical (unpaired) electrons. The van der Waals surface area contributed by atoms with Gasteiger partial charge in [0, 0.05) is 6.04 Å². The summed E-state index contributed by atoms with van der Waals surface area (Å²) in [6.45, 7) is 1.84. The molecule has 1 rings (SSSR count). The number of aryl methyl sites for hydroxylation is 1. The van der Waals surface area contributed by atoms with Crippen molar-refractivity contribution in [2.75, 3.05) is 0 Å². The minimum absolute atomic E-state index is 0. The van der Waals surface area contributed by atoms with E-state index in [1.165, 1.54) is 12.1 Å². The summed E-state index contributed by atoms with van der Waals surface area (Å²) < 4.78 is 37.0. The normalized spacial score (nSPS) is 13.1. The molecule has 1 nitrogen and oxygen atoms in total. The first-order valence-electron chi connectivity index (χ1n) is 4.81. The van der Waals surface area contributed by atoms with Gasteiger partial charge in [0.25, 0.3) is 0 Å². The molecule has 0 fully saturated rings. The van der Waals surface area contributed by atoms with Crippen molar-refractivity contribution in [2.24, 2.45) is 5.73 Å². The third-order valence-corrected chi connectivity index (χ3v) is 2.14. The molecule has 0 heterocycles. The number of alkyl halides is 3. The second kappa shape index (κ2) is 6.11. The average Bonchev–Trinajstić information content (AvgIpc) is 2.14. The van der Waals surface area contributed by atoms with Crippen molar-refractivity contribution in [3.05, 3.63) is 35.4 Å². The van der Waals surface area contributed by atoms with Crippen molar-refractivity contribution in [1.29, 1.82) is 0 Å². The molecule has 16 heavy (non-hydrogen) atoms. The van der Waals surface area contributed by atoms with Crippen LogP contribution in [0.2, 0.25) is 0 Å². The first kappa shape index (κ1) is 15.3. The summed E-state index contributed by atoms with van der Waals surface area (Å²) in [4.78, 5) is 0. The van der Waals surface area contributed by atoms with E-state index in [0.29, 0.717) is 18.4 Å². The smallest absolute Gasteiger partial charge is 0.328 e. The van der Waals surface area contributed by atoms with E-state index >= 15 is 0 Å². The van der Waals surface area contributed by atoms with Crippen molar-refractivity contribution < 1.29 is 13.2 Å². The van der Waals surface area contributed by atoms with Gasteiger partial charge in [-0.15, -0.1) is 12.4 Å². The summed E-state index contributed by atoms with van der Waals surface area (Å²) >= 11 is 0. The van der Waals surface area contributed by atoms with Crippen LogP contribution in [0, 0.1) is 0 Å². The Labute approximate surface area is 99.2 Å². The number of halogens is 4. The lowest BCUT2D eigenvalue weighted by molar-refractivity contribution is -0.137. The molecular formula is C11H15ClF3N. The van der Waals surface area contributed by atoms with E-state index in [4.69, 9.17) is 5.73 Å². The van der Waals surface area contributed by atoms with Gasteiger partial charge in [0.05, 0.1) is 5.56 Å². The zero-order valence-corrected chi connectivity index (χ0v) is 9.74. The molecule has 0 aliphatic rings. The Bertz CT molecular complexity index is 323. The fourth-order valence-electron chi connectivity index (χ4n) is 1.30. The highest BCUT2D eigenvalue weighted by atomic mass is 35.5. The molecule has 0 spiro atoms. The van der Waals surface area contributed by atoms with Crippen LogP contribution in [0.5, 0.6) is 0 Å². The topological polar surface area (TPSA) is 26.0 Å². The minimum Gasteiger partial charge on any atom is -0.328 e. The van der Waals surface area contributed by atoms with E-state index in [1.54, 1.807) is 6.07 Å². The Morgan fingerprint density at radius 1 is 1.31 bits per heavy atom. The Morgan fingerprint density at radius 2 is 1.94 bits per heavy atom. The molecule has 1 atom stereocenters. The molecular weight excluding hydrogens is 239 g/mol. The lowest BCUT2D eigenvalue weighted by atomic mass is 10.0. The molecule has 1 aromatic rings. The highest BCUT2D eigenvalue weighted by molar-refractivity contribution is 5.85. The minimum atomic E-state index is -4.26. The summed E-state index contributed by atoms with van der Waals surface area (Å²) in [6.07, 6.45) is -2.98. The Balaban J connectivity index is 0.00000225. The van der Waals surface area contributed by atoms with Crippen LogP contribution >= 0.6 is 12.4 Å². The van der Waals surface area contributed by atoms with E-state index in [1.807, 2.05) is 6.92 Å². The molecule has 92 valence electrons. The van der Waals surface area contributed by atoms with Crippen LogP contribution in [0.3, 0.4) is 0 Å². The van der Waals surface area contributed by atoms with Crippen LogP contribution in [-0.2, 0) is 12.6 Å². The molecule has 0 aliphatic carbocycles. The van der Waals surface area contributed by atoms with Crippen LogP contribution in [0.15, 0.2) is 24.3 Å². The van der Waals surface area contributed by atoms with Crippen molar-refractivity contribution in [2.45, 2.75) is 32.0 Å². The molecule has 2 N–H and O–H groups in total. The third-order valence-electron chi connectivity index (χ3n) is 2.14. The quantitative estimate of drug-likeness (QED) is 0.878. The van der Waals surface area contributed by atoms with Crippen molar-refractivity contribution >= 4 is 12.4 Å². The van der Waals surface area contributed by atoms with Gasteiger partial charge >= 0.3 is 6.18 Å². The van der Waals surface area contributed by atoms with Crippen molar-refractivity contribution in [1.82, 2.24) is 0 Å². The SMILES string of the molecule is CC(N)CCc1cccc(C(F)(F)F)c1.Cl. The standard InChI is InChI=1S/C11H14F3N.ClH/c1-8(15)5-6-9-3-2-4-10(7-9)11(12,13)14;/h2-4,7-8H,5-6,15H2,1H3;1H.